The lowest BCUT2D eigenvalue weighted by atomic mass is 10.4. The van der Waals surface area contributed by atoms with Crippen LogP contribution in [0.25, 0.3) is 0 Å². The van der Waals surface area contributed by atoms with Gasteiger partial charge in [-0.1, -0.05) is 0 Å². The fourth-order valence-electron chi connectivity index (χ4n) is 1.80. The summed E-state index contributed by atoms with van der Waals surface area (Å²) in [6, 6.07) is 0. The maximum Gasteiger partial charge on any atom is 0.191 e. The molecular weight excluding hydrogens is 248 g/mol. The normalized spacial score (nSPS) is 17.2. The van der Waals surface area contributed by atoms with Crippen LogP contribution >= 0.6 is 11.3 Å². The molecule has 1 saturated heterocycles. The Hall–Kier alpha value is -1.14. The molecule has 6 heteroatoms. The van der Waals surface area contributed by atoms with E-state index in [-0.39, 0.29) is 0 Å². The molecule has 1 aromatic rings. The van der Waals surface area contributed by atoms with Gasteiger partial charge in [0, 0.05) is 30.9 Å². The van der Waals surface area contributed by atoms with E-state index in [0.29, 0.717) is 12.5 Å². The molecule has 0 bridgehead atoms. The molecule has 2 rings (SSSR count). The first kappa shape index (κ1) is 13.3. The minimum atomic E-state index is 0.628. The standard InChI is InChI=1S/C12H20N4OS/c1-9-10(2)18-11(15-9)3-4-14-12(13)16-5-7-17-8-6-16/h3-8H2,1-2H3,(H2,13,14). The maximum atomic E-state index is 5.95. The third-order valence-electron chi connectivity index (χ3n) is 3.01. The molecule has 0 aliphatic carbocycles. The van der Waals surface area contributed by atoms with Crippen LogP contribution in [0.3, 0.4) is 0 Å². The highest BCUT2D eigenvalue weighted by atomic mass is 32.1. The van der Waals surface area contributed by atoms with Crippen molar-refractivity contribution >= 4 is 17.3 Å². The number of rotatable bonds is 3. The van der Waals surface area contributed by atoms with E-state index in [0.717, 1.165) is 43.4 Å². The van der Waals surface area contributed by atoms with Crippen LogP contribution in [0.15, 0.2) is 4.99 Å². The molecule has 1 aliphatic rings. The number of thiazole rings is 1. The zero-order valence-corrected chi connectivity index (χ0v) is 11.8. The molecule has 0 radical (unpaired) electrons. The van der Waals surface area contributed by atoms with Crippen LogP contribution in [0.1, 0.15) is 15.6 Å². The first-order valence-corrected chi connectivity index (χ1v) is 7.04. The van der Waals surface area contributed by atoms with Gasteiger partial charge < -0.3 is 15.4 Å². The van der Waals surface area contributed by atoms with Gasteiger partial charge in [-0.05, 0) is 13.8 Å². The molecule has 2 N–H and O–H groups in total. The molecule has 0 unspecified atom stereocenters. The summed E-state index contributed by atoms with van der Waals surface area (Å²) in [4.78, 5) is 12.3. The summed E-state index contributed by atoms with van der Waals surface area (Å²) in [6.45, 7) is 8.00. The molecule has 2 heterocycles. The van der Waals surface area contributed by atoms with Gasteiger partial charge in [0.15, 0.2) is 5.96 Å². The topological polar surface area (TPSA) is 63.7 Å². The van der Waals surface area contributed by atoms with Gasteiger partial charge >= 0.3 is 0 Å². The number of nitrogens with two attached hydrogens (primary N) is 1. The Balaban J connectivity index is 1.82. The van der Waals surface area contributed by atoms with Gasteiger partial charge in [0.25, 0.3) is 0 Å². The first-order chi connectivity index (χ1) is 8.66. The van der Waals surface area contributed by atoms with E-state index < -0.39 is 0 Å². The number of guanidine groups is 1. The van der Waals surface area contributed by atoms with Gasteiger partial charge in [0.1, 0.15) is 0 Å². The second-order valence-electron chi connectivity index (χ2n) is 4.34. The number of nitrogens with zero attached hydrogens (tertiary/aromatic N) is 3. The van der Waals surface area contributed by atoms with Gasteiger partial charge in [0.2, 0.25) is 0 Å². The zero-order valence-electron chi connectivity index (χ0n) is 11.0. The van der Waals surface area contributed by atoms with Crippen molar-refractivity contribution in [1.82, 2.24) is 9.88 Å². The van der Waals surface area contributed by atoms with Crippen LogP contribution in [0.4, 0.5) is 0 Å². The Morgan fingerprint density at radius 3 is 2.78 bits per heavy atom. The minimum Gasteiger partial charge on any atom is -0.378 e. The number of ether oxygens (including phenoxy) is 1. The fraction of sp³-hybridized carbons (Fsp3) is 0.667. The second kappa shape index (κ2) is 6.15. The van der Waals surface area contributed by atoms with Gasteiger partial charge in [0.05, 0.1) is 23.9 Å². The van der Waals surface area contributed by atoms with Crippen molar-refractivity contribution in [1.29, 1.82) is 0 Å². The molecule has 5 nitrogen and oxygen atoms in total. The molecule has 1 aliphatic heterocycles. The Morgan fingerprint density at radius 2 is 2.17 bits per heavy atom. The van der Waals surface area contributed by atoms with Crippen molar-refractivity contribution < 1.29 is 4.74 Å². The largest absolute Gasteiger partial charge is 0.378 e. The van der Waals surface area contributed by atoms with E-state index in [9.17, 15) is 0 Å². The summed E-state index contributed by atoms with van der Waals surface area (Å²) in [5, 5.41) is 1.14. The number of aryl methyl sites for hydroxylation is 2. The van der Waals surface area contributed by atoms with Crippen molar-refractivity contribution in [3.05, 3.63) is 15.6 Å². The third kappa shape index (κ3) is 3.43. The van der Waals surface area contributed by atoms with Crippen molar-refractivity contribution in [3.8, 4) is 0 Å². The Kier molecular flexibility index (Phi) is 4.54. The lowest BCUT2D eigenvalue weighted by Crippen LogP contribution is -2.44. The summed E-state index contributed by atoms with van der Waals surface area (Å²) < 4.78 is 5.28. The highest BCUT2D eigenvalue weighted by Gasteiger charge is 2.11. The Bertz CT molecular complexity index is 404. The third-order valence-corrected chi connectivity index (χ3v) is 4.14. The molecule has 0 amide bonds. The highest BCUT2D eigenvalue weighted by molar-refractivity contribution is 7.11. The Labute approximate surface area is 112 Å². The van der Waals surface area contributed by atoms with Gasteiger partial charge in [-0.2, -0.15) is 0 Å². The summed E-state index contributed by atoms with van der Waals surface area (Å²) >= 11 is 1.75. The molecular formula is C12H20N4OS. The predicted octanol–water partition coefficient (Wildman–Crippen LogP) is 0.949. The Morgan fingerprint density at radius 1 is 1.44 bits per heavy atom. The van der Waals surface area contributed by atoms with Crippen molar-refractivity contribution in [2.75, 3.05) is 32.8 Å². The van der Waals surface area contributed by atoms with E-state index in [4.69, 9.17) is 10.5 Å². The van der Waals surface area contributed by atoms with Crippen molar-refractivity contribution in [2.24, 2.45) is 10.7 Å². The monoisotopic (exact) mass is 268 g/mol. The smallest absolute Gasteiger partial charge is 0.191 e. The highest BCUT2D eigenvalue weighted by Crippen LogP contribution is 2.16. The number of hydrogen-bond acceptors (Lipinski definition) is 4. The first-order valence-electron chi connectivity index (χ1n) is 6.22. The fourth-order valence-corrected chi connectivity index (χ4v) is 2.73. The predicted molar refractivity (Wildman–Crippen MR) is 74.2 cm³/mol. The van der Waals surface area contributed by atoms with Crippen LogP contribution in [-0.2, 0) is 11.2 Å². The zero-order chi connectivity index (χ0) is 13.0. The summed E-state index contributed by atoms with van der Waals surface area (Å²) in [7, 11) is 0. The van der Waals surface area contributed by atoms with Crippen LogP contribution < -0.4 is 5.73 Å². The van der Waals surface area contributed by atoms with E-state index in [1.807, 2.05) is 6.92 Å². The quantitative estimate of drug-likeness (QED) is 0.655. The number of morpholine rings is 1. The van der Waals surface area contributed by atoms with E-state index in [1.165, 1.54) is 4.88 Å². The molecule has 1 aromatic heterocycles. The van der Waals surface area contributed by atoms with E-state index in [2.05, 4.69) is 21.8 Å². The number of hydrogen-bond donors (Lipinski definition) is 1. The van der Waals surface area contributed by atoms with Crippen LogP contribution in [0.2, 0.25) is 0 Å². The minimum absolute atomic E-state index is 0.628. The van der Waals surface area contributed by atoms with Gasteiger partial charge in [-0.25, -0.2) is 4.98 Å². The lowest BCUT2D eigenvalue weighted by molar-refractivity contribution is 0.0674. The van der Waals surface area contributed by atoms with E-state index >= 15 is 0 Å². The average molecular weight is 268 g/mol. The number of aliphatic imine (C=N–C) groups is 1. The molecule has 0 saturated carbocycles. The van der Waals surface area contributed by atoms with E-state index in [1.54, 1.807) is 11.3 Å². The molecule has 0 spiro atoms. The SMILES string of the molecule is Cc1nc(CCN=C(N)N2CCOCC2)sc1C. The molecule has 100 valence electrons. The maximum absolute atomic E-state index is 5.95. The molecule has 0 aromatic carbocycles. The summed E-state index contributed by atoms with van der Waals surface area (Å²) in [6.07, 6.45) is 0.865. The van der Waals surface area contributed by atoms with Crippen molar-refractivity contribution in [3.63, 3.8) is 0 Å². The second-order valence-corrected chi connectivity index (χ2v) is 5.63. The lowest BCUT2D eigenvalue weighted by Gasteiger charge is -2.27. The average Bonchev–Trinajstić information content (AvgIpc) is 2.69. The number of aromatic nitrogens is 1. The molecule has 18 heavy (non-hydrogen) atoms. The summed E-state index contributed by atoms with van der Waals surface area (Å²) in [5.74, 6) is 0.628. The summed E-state index contributed by atoms with van der Waals surface area (Å²) in [5.41, 5.74) is 7.08. The van der Waals surface area contributed by atoms with Gasteiger partial charge in [-0.3, -0.25) is 4.99 Å². The van der Waals surface area contributed by atoms with Crippen LogP contribution in [-0.4, -0.2) is 48.7 Å². The van der Waals surface area contributed by atoms with Crippen LogP contribution in [0, 0.1) is 13.8 Å². The van der Waals surface area contributed by atoms with Gasteiger partial charge in [-0.15, -0.1) is 11.3 Å². The van der Waals surface area contributed by atoms with Crippen LogP contribution in [0.5, 0.6) is 0 Å². The molecule has 1 fully saturated rings. The van der Waals surface area contributed by atoms with Crippen molar-refractivity contribution in [2.45, 2.75) is 20.3 Å². The molecule has 0 atom stereocenters.